The smallest absolute Gasteiger partial charge is 0.328 e. The first-order valence-electron chi connectivity index (χ1n) is 5.69. The number of nitrogens with two attached hydrogens (primary N) is 1. The number of nitrogens with zero attached hydrogens (tertiary/aromatic N) is 1. The zero-order valence-electron chi connectivity index (χ0n) is 10.7. The lowest BCUT2D eigenvalue weighted by molar-refractivity contribution is -0.144. The van der Waals surface area contributed by atoms with Gasteiger partial charge in [0.2, 0.25) is 0 Å². The van der Waals surface area contributed by atoms with Crippen LogP contribution in [0.2, 0.25) is 0 Å². The van der Waals surface area contributed by atoms with Crippen LogP contribution >= 0.6 is 12.2 Å². The Kier molecular flexibility index (Phi) is 5.37. The Hall–Kier alpha value is -2.02. The summed E-state index contributed by atoms with van der Waals surface area (Å²) in [5, 5.41) is 2.49. The van der Waals surface area contributed by atoms with Crippen LogP contribution in [0.1, 0.15) is 29.9 Å². The molecule has 1 unspecified atom stereocenters. The molecule has 0 fully saturated rings. The molecule has 0 bridgehead atoms. The molecule has 1 amide bonds. The van der Waals surface area contributed by atoms with Crippen LogP contribution in [0.15, 0.2) is 18.3 Å². The number of esters is 1. The van der Waals surface area contributed by atoms with E-state index in [1.165, 1.54) is 12.3 Å². The minimum absolute atomic E-state index is 0.177. The number of hydrogen-bond acceptors (Lipinski definition) is 5. The van der Waals surface area contributed by atoms with Gasteiger partial charge >= 0.3 is 5.97 Å². The van der Waals surface area contributed by atoms with Crippen molar-refractivity contribution in [1.29, 1.82) is 0 Å². The van der Waals surface area contributed by atoms with Crippen molar-refractivity contribution in [3.05, 3.63) is 29.6 Å². The monoisotopic (exact) mass is 281 g/mol. The molecule has 1 aromatic rings. The number of nitrogens with one attached hydrogen (secondary N) is 1. The quantitative estimate of drug-likeness (QED) is 0.599. The molecule has 102 valence electrons. The van der Waals surface area contributed by atoms with Crippen LogP contribution in [0.5, 0.6) is 0 Å². The Morgan fingerprint density at radius 3 is 2.68 bits per heavy atom. The van der Waals surface area contributed by atoms with E-state index in [0.717, 1.165) is 0 Å². The fourth-order valence-electron chi connectivity index (χ4n) is 1.27. The highest BCUT2D eigenvalue weighted by Gasteiger charge is 2.18. The van der Waals surface area contributed by atoms with Crippen molar-refractivity contribution < 1.29 is 14.3 Å². The van der Waals surface area contributed by atoms with E-state index in [9.17, 15) is 9.59 Å². The van der Waals surface area contributed by atoms with Crippen molar-refractivity contribution >= 4 is 29.1 Å². The van der Waals surface area contributed by atoms with Crippen molar-refractivity contribution in [3.63, 3.8) is 0 Å². The molecule has 19 heavy (non-hydrogen) atoms. The molecular weight excluding hydrogens is 266 g/mol. The summed E-state index contributed by atoms with van der Waals surface area (Å²) >= 11 is 4.78. The maximum absolute atomic E-state index is 11.8. The van der Waals surface area contributed by atoms with Gasteiger partial charge in [0, 0.05) is 11.8 Å². The number of pyridine rings is 1. The molecule has 3 N–H and O–H groups in total. The fraction of sp³-hybridized carbons (Fsp3) is 0.333. The van der Waals surface area contributed by atoms with Gasteiger partial charge < -0.3 is 15.8 Å². The number of carbonyl (C=O) groups is 2. The van der Waals surface area contributed by atoms with Gasteiger partial charge in [0.05, 0.1) is 6.61 Å². The normalized spacial score (nSPS) is 11.5. The van der Waals surface area contributed by atoms with Crippen molar-refractivity contribution in [2.75, 3.05) is 6.61 Å². The second-order valence-corrected chi connectivity index (χ2v) is 4.18. The molecule has 0 saturated carbocycles. The Balaban J connectivity index is 2.68. The van der Waals surface area contributed by atoms with Crippen molar-refractivity contribution in [1.82, 2.24) is 10.3 Å². The summed E-state index contributed by atoms with van der Waals surface area (Å²) < 4.78 is 4.78. The Labute approximate surface area is 116 Å². The van der Waals surface area contributed by atoms with Gasteiger partial charge in [0.25, 0.3) is 5.91 Å². The van der Waals surface area contributed by atoms with Gasteiger partial charge in [-0.05, 0) is 26.0 Å². The van der Waals surface area contributed by atoms with Crippen LogP contribution in [0.4, 0.5) is 0 Å². The second-order valence-electron chi connectivity index (χ2n) is 3.74. The third kappa shape index (κ3) is 4.29. The van der Waals surface area contributed by atoms with E-state index in [1.54, 1.807) is 19.9 Å². The summed E-state index contributed by atoms with van der Waals surface area (Å²) in [5.74, 6) is -0.953. The minimum Gasteiger partial charge on any atom is -0.464 e. The summed E-state index contributed by atoms with van der Waals surface area (Å²) in [6.07, 6.45) is 1.41. The second kappa shape index (κ2) is 6.79. The lowest BCUT2D eigenvalue weighted by Crippen LogP contribution is -2.39. The van der Waals surface area contributed by atoms with Crippen LogP contribution in [0.3, 0.4) is 0 Å². The van der Waals surface area contributed by atoms with Gasteiger partial charge in [-0.2, -0.15) is 0 Å². The number of ether oxygens (including phenoxy) is 1. The molecule has 0 aliphatic heterocycles. The summed E-state index contributed by atoms with van der Waals surface area (Å²) in [5.41, 5.74) is 6.17. The van der Waals surface area contributed by atoms with Crippen molar-refractivity contribution in [2.24, 2.45) is 5.73 Å². The molecular formula is C12H15N3O3S. The summed E-state index contributed by atoms with van der Waals surface area (Å²) in [4.78, 5) is 27.3. The highest BCUT2D eigenvalue weighted by Crippen LogP contribution is 2.01. The van der Waals surface area contributed by atoms with Crippen LogP contribution in [-0.4, -0.2) is 34.5 Å². The van der Waals surface area contributed by atoms with Gasteiger partial charge in [0.15, 0.2) is 0 Å². The average molecular weight is 281 g/mol. The number of thiocarbonyl (C=S) groups is 1. The molecule has 0 spiro atoms. The van der Waals surface area contributed by atoms with Gasteiger partial charge in [0.1, 0.15) is 16.7 Å². The van der Waals surface area contributed by atoms with Gasteiger partial charge in [-0.15, -0.1) is 0 Å². The third-order valence-electron chi connectivity index (χ3n) is 2.27. The number of hydrogen-bond donors (Lipinski definition) is 2. The summed E-state index contributed by atoms with van der Waals surface area (Å²) in [7, 11) is 0. The standard InChI is InChI=1S/C12H15N3O3S/c1-3-18-12(17)7(2)15-11(16)9-5-4-8(6-14-9)10(13)19/h4-7H,3H2,1-2H3,(H2,13,19)(H,15,16). The first-order valence-corrected chi connectivity index (χ1v) is 6.10. The average Bonchev–Trinajstić information content (AvgIpc) is 2.38. The molecule has 1 atom stereocenters. The maximum Gasteiger partial charge on any atom is 0.328 e. The Morgan fingerprint density at radius 2 is 2.21 bits per heavy atom. The predicted octanol–water partition coefficient (Wildman–Crippen LogP) is 0.397. The van der Waals surface area contributed by atoms with E-state index >= 15 is 0 Å². The number of amides is 1. The SMILES string of the molecule is CCOC(=O)C(C)NC(=O)c1ccc(C(N)=S)cn1. The predicted molar refractivity (Wildman–Crippen MR) is 73.7 cm³/mol. The lowest BCUT2D eigenvalue weighted by atomic mass is 10.2. The number of rotatable bonds is 5. The summed E-state index contributed by atoms with van der Waals surface area (Å²) in [6, 6.07) is 2.35. The topological polar surface area (TPSA) is 94.3 Å². The van der Waals surface area contributed by atoms with Crippen LogP contribution in [0, 0.1) is 0 Å². The van der Waals surface area contributed by atoms with Gasteiger partial charge in [-0.25, -0.2) is 4.79 Å². The summed E-state index contributed by atoms with van der Waals surface area (Å²) in [6.45, 7) is 3.50. The molecule has 0 radical (unpaired) electrons. The van der Waals surface area contributed by atoms with Gasteiger partial charge in [-0.1, -0.05) is 12.2 Å². The van der Waals surface area contributed by atoms with E-state index in [1.807, 2.05) is 0 Å². The maximum atomic E-state index is 11.8. The van der Waals surface area contributed by atoms with E-state index in [0.29, 0.717) is 5.56 Å². The Morgan fingerprint density at radius 1 is 1.53 bits per heavy atom. The zero-order valence-corrected chi connectivity index (χ0v) is 11.5. The first-order chi connectivity index (χ1) is 8.95. The molecule has 0 aromatic carbocycles. The lowest BCUT2D eigenvalue weighted by Gasteiger charge is -2.12. The van der Waals surface area contributed by atoms with Crippen LogP contribution in [0.25, 0.3) is 0 Å². The third-order valence-corrected chi connectivity index (χ3v) is 2.50. The van der Waals surface area contributed by atoms with E-state index in [2.05, 4.69) is 10.3 Å². The van der Waals surface area contributed by atoms with Crippen molar-refractivity contribution in [2.45, 2.75) is 19.9 Å². The van der Waals surface area contributed by atoms with E-state index in [-0.39, 0.29) is 17.3 Å². The number of carbonyl (C=O) groups excluding carboxylic acids is 2. The largest absolute Gasteiger partial charge is 0.464 e. The molecule has 1 aromatic heterocycles. The molecule has 6 nitrogen and oxygen atoms in total. The van der Waals surface area contributed by atoms with E-state index < -0.39 is 17.9 Å². The molecule has 0 saturated heterocycles. The van der Waals surface area contributed by atoms with Crippen molar-refractivity contribution in [3.8, 4) is 0 Å². The Bertz CT molecular complexity index is 487. The molecule has 0 aliphatic rings. The zero-order chi connectivity index (χ0) is 14.4. The number of aromatic nitrogens is 1. The highest BCUT2D eigenvalue weighted by molar-refractivity contribution is 7.80. The van der Waals surface area contributed by atoms with Crippen LogP contribution < -0.4 is 11.1 Å². The fourth-order valence-corrected chi connectivity index (χ4v) is 1.39. The van der Waals surface area contributed by atoms with Crippen LogP contribution in [-0.2, 0) is 9.53 Å². The van der Waals surface area contributed by atoms with Gasteiger partial charge in [-0.3, -0.25) is 9.78 Å². The molecule has 7 heteroatoms. The first kappa shape index (κ1) is 15.0. The molecule has 1 rings (SSSR count). The molecule has 1 heterocycles. The highest BCUT2D eigenvalue weighted by atomic mass is 32.1. The molecule has 0 aliphatic carbocycles. The van der Waals surface area contributed by atoms with E-state index in [4.69, 9.17) is 22.7 Å². The minimum atomic E-state index is -0.732.